The standard InChI is InChI=1S/C27H34N8O2.C26H32N8O2/c1-32(2)26(37)22-12-17-14-29-27(31-25(17)35(22)18-6-4-5-7-18)30-23-11-10-20(15-28-23)34-16-21-9-8-19(33(21)3)13-24(34)36;1-32(2)25(36)21-11-16-13-28-26(31-24(16)34(21)19-5-3-4-6-19)30-22-10-9-20(14-27-22)33-15-18-8-7-17(29-18)12-23(33)35/h10-12,14-15,18-19,21H,4-9,13,16H2,1-3H3,(H,28,29,30,31);9-11,13-14,17-19,29H,3-8,12,15H2,1-2H3,(H,27,28,30,31)/t19-,21+;17-,18+/m11/s1/i3D3;. The van der Waals surface area contributed by atoms with Crippen LogP contribution in [0.2, 0.25) is 0 Å². The van der Waals surface area contributed by atoms with E-state index in [1.807, 2.05) is 29.2 Å². The second kappa shape index (κ2) is 20.1. The highest BCUT2D eigenvalue weighted by Crippen LogP contribution is 2.37. The minimum Gasteiger partial charge on any atom is -0.343 e. The average Bonchev–Trinajstić information content (AvgIpc) is 4.28. The summed E-state index contributed by atoms with van der Waals surface area (Å²) in [6, 6.07) is 11.8. The Morgan fingerprint density at radius 3 is 1.58 bits per heavy atom. The van der Waals surface area contributed by atoms with Crippen molar-refractivity contribution in [3.05, 3.63) is 72.6 Å². The van der Waals surface area contributed by atoms with E-state index in [9.17, 15) is 19.2 Å². The molecule has 12 rings (SSSR count). The summed E-state index contributed by atoms with van der Waals surface area (Å²) in [5, 5.41) is 11.6. The van der Waals surface area contributed by atoms with Crippen molar-refractivity contribution < 1.29 is 23.3 Å². The van der Waals surface area contributed by atoms with Crippen molar-refractivity contribution in [1.82, 2.24) is 59.1 Å². The molecular weight excluding hydrogens is 925 g/mol. The molecule has 4 bridgehead atoms. The fraction of sp³-hybridized carbons (Fsp3) is 0.509. The number of anilines is 6. The smallest absolute Gasteiger partial charge is 0.270 e. The zero-order valence-electron chi connectivity index (χ0n) is 45.0. The number of nitrogens with zero attached hydrogens (tertiary/aromatic N) is 13. The van der Waals surface area contributed by atoms with Gasteiger partial charge in [0, 0.05) is 118 Å². The average molecular weight is 994 g/mol. The fourth-order valence-electron chi connectivity index (χ4n) is 11.8. The first-order valence-electron chi connectivity index (χ1n) is 27.4. The van der Waals surface area contributed by atoms with Gasteiger partial charge in [-0.2, -0.15) is 9.97 Å². The van der Waals surface area contributed by atoms with Gasteiger partial charge in [-0.05, 0) is 94.7 Å². The summed E-state index contributed by atoms with van der Waals surface area (Å²) >= 11 is 0. The third kappa shape index (κ3) is 9.69. The van der Waals surface area contributed by atoms with Crippen molar-refractivity contribution in [1.29, 1.82) is 0 Å². The van der Waals surface area contributed by atoms with Crippen LogP contribution >= 0.6 is 0 Å². The topological polar surface area (TPSA) is 208 Å². The molecule has 2 aliphatic carbocycles. The van der Waals surface area contributed by atoms with Gasteiger partial charge in [-0.1, -0.05) is 25.7 Å². The van der Waals surface area contributed by atoms with Crippen LogP contribution in [-0.4, -0.2) is 150 Å². The van der Waals surface area contributed by atoms with Crippen molar-refractivity contribution in [2.24, 2.45) is 0 Å². The summed E-state index contributed by atoms with van der Waals surface area (Å²) in [4.78, 5) is 87.4. The van der Waals surface area contributed by atoms with E-state index in [1.54, 1.807) is 84.7 Å². The van der Waals surface area contributed by atoms with Gasteiger partial charge in [-0.25, -0.2) is 19.9 Å². The van der Waals surface area contributed by atoms with Crippen LogP contribution in [0.5, 0.6) is 0 Å². The number of hydrogen-bond acceptors (Lipinski definition) is 14. The summed E-state index contributed by atoms with van der Waals surface area (Å²) in [7, 11) is 7.04. The second-order valence-electron chi connectivity index (χ2n) is 20.9. The van der Waals surface area contributed by atoms with E-state index < -0.39 is 6.98 Å². The predicted octanol–water partition coefficient (Wildman–Crippen LogP) is 6.83. The molecule has 0 spiro atoms. The predicted molar refractivity (Wildman–Crippen MR) is 280 cm³/mol. The quantitative estimate of drug-likeness (QED) is 0.129. The molecule has 0 radical (unpaired) electrons. The van der Waals surface area contributed by atoms with Gasteiger partial charge < -0.3 is 44.7 Å². The van der Waals surface area contributed by atoms with E-state index in [2.05, 4.69) is 45.0 Å². The zero-order chi connectivity index (χ0) is 53.0. The lowest BCUT2D eigenvalue weighted by atomic mass is 10.1. The van der Waals surface area contributed by atoms with Gasteiger partial charge in [0.05, 0.1) is 23.8 Å². The molecule has 73 heavy (non-hydrogen) atoms. The number of pyridine rings is 2. The van der Waals surface area contributed by atoms with E-state index in [4.69, 9.17) is 14.1 Å². The van der Waals surface area contributed by atoms with Gasteiger partial charge in [0.1, 0.15) is 34.3 Å². The molecule has 6 aliphatic rings. The largest absolute Gasteiger partial charge is 0.343 e. The van der Waals surface area contributed by atoms with Crippen molar-refractivity contribution in [2.75, 3.05) is 68.7 Å². The number of likely N-dealkylation sites (N-methyl/N-ethyl adjacent to an activating group) is 1. The zero-order valence-corrected chi connectivity index (χ0v) is 42.0. The van der Waals surface area contributed by atoms with Crippen molar-refractivity contribution in [3.8, 4) is 0 Å². The number of amides is 4. The molecule has 20 nitrogen and oxygen atoms in total. The molecule has 20 heteroatoms. The first-order valence-corrected chi connectivity index (χ1v) is 25.9. The maximum atomic E-state index is 13.0. The van der Waals surface area contributed by atoms with Gasteiger partial charge in [0.2, 0.25) is 23.7 Å². The summed E-state index contributed by atoms with van der Waals surface area (Å²) in [5.41, 5.74) is 4.19. The van der Waals surface area contributed by atoms with Crippen LogP contribution in [0.3, 0.4) is 0 Å². The summed E-state index contributed by atoms with van der Waals surface area (Å²) in [5.74, 6) is 1.87. The summed E-state index contributed by atoms with van der Waals surface area (Å²) < 4.78 is 27.9. The Labute approximate surface area is 429 Å². The maximum Gasteiger partial charge on any atom is 0.270 e. The second-order valence-corrected chi connectivity index (χ2v) is 20.9. The Morgan fingerprint density at radius 2 is 1.08 bits per heavy atom. The summed E-state index contributed by atoms with van der Waals surface area (Å²) in [6.45, 7) is -1.21. The molecule has 6 fully saturated rings. The molecule has 2 saturated carbocycles. The number of carbonyl (C=O) groups excluding carboxylic acids is 4. The van der Waals surface area contributed by atoms with E-state index in [0.717, 1.165) is 105 Å². The number of rotatable bonds is 10. The third-order valence-electron chi connectivity index (χ3n) is 15.6. The molecule has 6 aromatic heterocycles. The van der Waals surface area contributed by atoms with Crippen LogP contribution in [0, 0.1) is 0 Å². The third-order valence-corrected chi connectivity index (χ3v) is 15.6. The number of aromatic nitrogens is 8. The summed E-state index contributed by atoms with van der Waals surface area (Å²) in [6.07, 6.45) is 19.9. The lowest BCUT2D eigenvalue weighted by Gasteiger charge is -2.25. The molecule has 4 atom stereocenters. The SMILES string of the molecule is CN(C)C(=O)c1cc2cnc(Nc3ccc(N4C[C@@H]5CC[C@H](CC4=O)N5)cn3)nc2n1C1CCCC1.[2H]C([2H])([2H])N1[C@@H]2CC[C@H]1CN(c1ccc(Nc3ncc4cc(C(=O)N(C)C)n(C5CCCC5)c4n3)nc1)C(=O)C2. The Hall–Kier alpha value is -7.06. The molecule has 4 aliphatic heterocycles. The van der Waals surface area contributed by atoms with Gasteiger partial charge >= 0.3 is 0 Å². The normalized spacial score (nSPS) is 23.2. The lowest BCUT2D eigenvalue weighted by molar-refractivity contribution is -0.119. The van der Waals surface area contributed by atoms with Crippen LogP contribution in [0.25, 0.3) is 22.1 Å². The van der Waals surface area contributed by atoms with Crippen LogP contribution in [0.15, 0.2) is 61.2 Å². The Morgan fingerprint density at radius 1 is 0.589 bits per heavy atom. The number of carbonyl (C=O) groups is 4. The molecule has 4 amide bonds. The van der Waals surface area contributed by atoms with Crippen molar-refractivity contribution in [2.45, 2.75) is 126 Å². The van der Waals surface area contributed by atoms with Crippen molar-refractivity contribution in [3.63, 3.8) is 0 Å². The van der Waals surface area contributed by atoms with E-state index in [0.29, 0.717) is 72.2 Å². The van der Waals surface area contributed by atoms with Gasteiger partial charge in [0.15, 0.2) is 0 Å². The first-order chi connectivity index (χ1) is 36.6. The van der Waals surface area contributed by atoms with Crippen LogP contribution in [0.4, 0.5) is 34.9 Å². The molecule has 4 saturated heterocycles. The number of fused-ring (bicyclic) bond motifs is 6. The molecule has 3 N–H and O–H groups in total. The number of nitrogens with one attached hydrogen (secondary N) is 3. The first kappa shape index (κ1) is 44.6. The minimum atomic E-state index is -2.21. The molecule has 6 aromatic rings. The van der Waals surface area contributed by atoms with Gasteiger partial charge in [0.25, 0.3) is 11.8 Å². The molecule has 0 aromatic carbocycles. The lowest BCUT2D eigenvalue weighted by Crippen LogP contribution is -2.38. The highest BCUT2D eigenvalue weighted by atomic mass is 16.2. The Bertz CT molecular complexity index is 3150. The Balaban J connectivity index is 0.000000163. The fourth-order valence-corrected chi connectivity index (χ4v) is 11.8. The highest BCUT2D eigenvalue weighted by molar-refractivity contribution is 5.99. The molecular formula is C53H66N16O4. The molecule has 382 valence electrons. The highest BCUT2D eigenvalue weighted by Gasteiger charge is 2.39. The number of hydrogen-bond donors (Lipinski definition) is 3. The maximum absolute atomic E-state index is 13.0. The van der Waals surface area contributed by atoms with Crippen LogP contribution < -0.4 is 25.8 Å². The molecule has 10 heterocycles. The van der Waals surface area contributed by atoms with Crippen LogP contribution in [0.1, 0.15) is 127 Å². The monoisotopic (exact) mass is 994 g/mol. The van der Waals surface area contributed by atoms with Gasteiger partial charge in [-0.15, -0.1) is 0 Å². The Kier molecular flexibility index (Phi) is 12.3. The van der Waals surface area contributed by atoms with E-state index >= 15 is 0 Å². The molecule has 0 unspecified atom stereocenters. The van der Waals surface area contributed by atoms with E-state index in [1.165, 1.54) is 0 Å². The van der Waals surface area contributed by atoms with E-state index in [-0.39, 0.29) is 54.2 Å². The van der Waals surface area contributed by atoms with Crippen molar-refractivity contribution >= 4 is 80.6 Å². The minimum absolute atomic E-state index is 0.0295. The van der Waals surface area contributed by atoms with Gasteiger partial charge in [-0.3, -0.25) is 24.1 Å². The van der Waals surface area contributed by atoms with Crippen LogP contribution in [-0.2, 0) is 9.59 Å².